The molecule has 0 N–H and O–H groups in total. The van der Waals surface area contributed by atoms with E-state index in [1.807, 2.05) is 6.20 Å². The Labute approximate surface area is 157 Å². The van der Waals surface area contributed by atoms with E-state index in [2.05, 4.69) is 9.88 Å². The summed E-state index contributed by atoms with van der Waals surface area (Å²) in [5.74, 6) is 1.54. The Morgan fingerprint density at radius 2 is 1.81 bits per heavy atom. The zero-order valence-electron chi connectivity index (χ0n) is 15.5. The second-order valence-corrected chi connectivity index (χ2v) is 6.44. The van der Waals surface area contributed by atoms with E-state index in [9.17, 15) is 4.79 Å². The monoisotopic (exact) mass is 370 g/mol. The first-order valence-corrected chi connectivity index (χ1v) is 8.89. The number of fused-ring (bicyclic) bond motifs is 1. The topological polar surface area (TPSA) is 77.0 Å². The fourth-order valence-electron chi connectivity index (χ4n) is 3.42. The summed E-state index contributed by atoms with van der Waals surface area (Å²) >= 11 is 0. The third-order valence-electron chi connectivity index (χ3n) is 4.87. The predicted molar refractivity (Wildman–Crippen MR) is 98.2 cm³/mol. The maximum absolute atomic E-state index is 13.2. The number of morpholine rings is 1. The minimum Gasteiger partial charge on any atom is -0.496 e. The first-order valence-electron chi connectivity index (χ1n) is 8.89. The van der Waals surface area contributed by atoms with Gasteiger partial charge >= 0.3 is 0 Å². The summed E-state index contributed by atoms with van der Waals surface area (Å²) in [5, 5.41) is 0. The summed E-state index contributed by atoms with van der Waals surface area (Å²) in [5.41, 5.74) is 2.28. The fourth-order valence-corrected chi connectivity index (χ4v) is 3.42. The van der Waals surface area contributed by atoms with Crippen LogP contribution in [0.25, 0.3) is 0 Å². The Balaban J connectivity index is 1.57. The van der Waals surface area contributed by atoms with Gasteiger partial charge < -0.3 is 24.0 Å². The van der Waals surface area contributed by atoms with Crippen LogP contribution >= 0.6 is 0 Å². The molecule has 1 aromatic heterocycles. The molecule has 0 atom stereocenters. The average molecular weight is 370 g/mol. The number of benzene rings is 1. The van der Waals surface area contributed by atoms with Crippen molar-refractivity contribution in [1.82, 2.24) is 14.9 Å². The van der Waals surface area contributed by atoms with E-state index in [4.69, 9.17) is 19.2 Å². The van der Waals surface area contributed by atoms with Gasteiger partial charge in [0, 0.05) is 31.4 Å². The Kier molecular flexibility index (Phi) is 4.81. The van der Waals surface area contributed by atoms with Crippen LogP contribution in [0.1, 0.15) is 21.6 Å². The largest absolute Gasteiger partial charge is 0.496 e. The van der Waals surface area contributed by atoms with Crippen molar-refractivity contribution in [2.24, 2.45) is 0 Å². The number of hydrogen-bond donors (Lipinski definition) is 0. The van der Waals surface area contributed by atoms with Crippen molar-refractivity contribution in [3.63, 3.8) is 0 Å². The lowest BCUT2D eigenvalue weighted by atomic mass is 10.1. The quantitative estimate of drug-likeness (QED) is 0.807. The van der Waals surface area contributed by atoms with E-state index in [0.29, 0.717) is 49.3 Å². The first-order chi connectivity index (χ1) is 13.2. The van der Waals surface area contributed by atoms with Gasteiger partial charge in [0.05, 0.1) is 39.7 Å². The van der Waals surface area contributed by atoms with Gasteiger partial charge in [0.2, 0.25) is 5.95 Å². The molecule has 4 rings (SSSR count). The number of hydrogen-bond acceptors (Lipinski definition) is 7. The molecule has 142 valence electrons. The summed E-state index contributed by atoms with van der Waals surface area (Å²) in [6, 6.07) is 5.32. The molecule has 0 unspecified atom stereocenters. The number of amides is 1. The van der Waals surface area contributed by atoms with Crippen LogP contribution in [-0.4, -0.2) is 61.3 Å². The third kappa shape index (κ3) is 3.28. The molecule has 2 aliphatic rings. The van der Waals surface area contributed by atoms with Crippen LogP contribution in [0.5, 0.6) is 11.5 Å². The molecule has 2 aromatic rings. The van der Waals surface area contributed by atoms with Crippen LogP contribution in [0, 0.1) is 0 Å². The van der Waals surface area contributed by atoms with E-state index in [1.165, 1.54) is 0 Å². The van der Waals surface area contributed by atoms with Crippen molar-refractivity contribution in [2.75, 3.05) is 45.4 Å². The summed E-state index contributed by atoms with van der Waals surface area (Å²) in [4.78, 5) is 26.2. The van der Waals surface area contributed by atoms with Crippen LogP contribution in [0.15, 0.2) is 24.4 Å². The minimum absolute atomic E-state index is 0.143. The number of methoxy groups -OCH3 is 2. The molecule has 0 radical (unpaired) electrons. The van der Waals surface area contributed by atoms with Crippen molar-refractivity contribution < 1.29 is 19.0 Å². The zero-order valence-corrected chi connectivity index (χ0v) is 15.5. The molecule has 3 heterocycles. The Morgan fingerprint density at radius 3 is 2.48 bits per heavy atom. The number of aromatic nitrogens is 2. The van der Waals surface area contributed by atoms with Gasteiger partial charge in [0.15, 0.2) is 0 Å². The average Bonchev–Trinajstić information content (AvgIpc) is 3.16. The third-order valence-corrected chi connectivity index (χ3v) is 4.87. The van der Waals surface area contributed by atoms with E-state index >= 15 is 0 Å². The van der Waals surface area contributed by atoms with E-state index in [-0.39, 0.29) is 5.91 Å². The lowest BCUT2D eigenvalue weighted by Crippen LogP contribution is -2.37. The molecule has 8 heteroatoms. The zero-order chi connectivity index (χ0) is 18.8. The van der Waals surface area contributed by atoms with Crippen molar-refractivity contribution in [2.45, 2.75) is 13.1 Å². The van der Waals surface area contributed by atoms with Gasteiger partial charge in [-0.1, -0.05) is 6.07 Å². The van der Waals surface area contributed by atoms with Crippen molar-refractivity contribution in [3.8, 4) is 11.5 Å². The summed E-state index contributed by atoms with van der Waals surface area (Å²) in [6.07, 6.45) is 1.82. The van der Waals surface area contributed by atoms with Crippen molar-refractivity contribution in [3.05, 3.63) is 41.2 Å². The van der Waals surface area contributed by atoms with Crippen LogP contribution in [0.2, 0.25) is 0 Å². The Hall–Kier alpha value is -2.87. The van der Waals surface area contributed by atoms with Crippen LogP contribution in [-0.2, 0) is 17.8 Å². The van der Waals surface area contributed by atoms with Gasteiger partial charge in [0.1, 0.15) is 17.1 Å². The molecule has 0 aliphatic carbocycles. The van der Waals surface area contributed by atoms with Crippen molar-refractivity contribution in [1.29, 1.82) is 0 Å². The van der Waals surface area contributed by atoms with Gasteiger partial charge in [-0.3, -0.25) is 4.79 Å². The van der Waals surface area contributed by atoms with Gasteiger partial charge in [-0.15, -0.1) is 0 Å². The molecular formula is C19H22N4O4. The number of carbonyl (C=O) groups is 1. The molecular weight excluding hydrogens is 348 g/mol. The first kappa shape index (κ1) is 17.5. The maximum Gasteiger partial charge on any atom is 0.262 e. The molecule has 27 heavy (non-hydrogen) atoms. The van der Waals surface area contributed by atoms with E-state index < -0.39 is 0 Å². The summed E-state index contributed by atoms with van der Waals surface area (Å²) < 4.78 is 16.1. The Morgan fingerprint density at radius 1 is 1.11 bits per heavy atom. The van der Waals surface area contributed by atoms with Gasteiger partial charge in [-0.25, -0.2) is 9.97 Å². The summed E-state index contributed by atoms with van der Waals surface area (Å²) in [6.45, 7) is 3.82. The number of ether oxygens (including phenoxy) is 3. The second kappa shape index (κ2) is 7.40. The number of rotatable bonds is 4. The lowest BCUT2D eigenvalue weighted by Gasteiger charge is -2.26. The molecule has 2 aliphatic heterocycles. The second-order valence-electron chi connectivity index (χ2n) is 6.44. The minimum atomic E-state index is -0.143. The molecule has 1 saturated heterocycles. The van der Waals surface area contributed by atoms with Gasteiger partial charge in [-0.2, -0.15) is 0 Å². The molecule has 1 fully saturated rings. The molecule has 1 aromatic carbocycles. The van der Waals surface area contributed by atoms with Crippen molar-refractivity contribution >= 4 is 11.9 Å². The number of anilines is 1. The lowest BCUT2D eigenvalue weighted by molar-refractivity contribution is 0.0743. The number of nitrogens with zero attached hydrogens (tertiary/aromatic N) is 4. The summed E-state index contributed by atoms with van der Waals surface area (Å²) in [7, 11) is 3.09. The maximum atomic E-state index is 13.2. The molecule has 0 bridgehead atoms. The Bertz CT molecular complexity index is 829. The molecule has 8 nitrogen and oxygen atoms in total. The number of carbonyl (C=O) groups excluding carboxylic acids is 1. The standard InChI is InChI=1S/C19H22N4O4/c1-25-15-4-3-5-16(26-2)17(15)18(24)23-11-13-10-20-19(21-14(13)12-23)22-6-8-27-9-7-22/h3-5,10H,6-9,11-12H2,1-2H3. The highest BCUT2D eigenvalue weighted by molar-refractivity contribution is 6.00. The van der Waals surface area contributed by atoms with E-state index in [0.717, 1.165) is 24.3 Å². The predicted octanol–water partition coefficient (Wildman–Crippen LogP) is 1.49. The SMILES string of the molecule is COc1cccc(OC)c1C(=O)N1Cc2cnc(N3CCOCC3)nc2C1. The fraction of sp³-hybridized carbons (Fsp3) is 0.421. The molecule has 0 spiro atoms. The van der Waals surface area contributed by atoms with Gasteiger partial charge in [-0.05, 0) is 12.1 Å². The van der Waals surface area contributed by atoms with Gasteiger partial charge in [0.25, 0.3) is 5.91 Å². The highest BCUT2D eigenvalue weighted by Gasteiger charge is 2.30. The van der Waals surface area contributed by atoms with Crippen LogP contribution in [0.4, 0.5) is 5.95 Å². The normalized spacial score (nSPS) is 16.2. The molecule has 1 amide bonds. The highest BCUT2D eigenvalue weighted by Crippen LogP contribution is 2.32. The van der Waals surface area contributed by atoms with Crippen LogP contribution < -0.4 is 14.4 Å². The highest BCUT2D eigenvalue weighted by atomic mass is 16.5. The van der Waals surface area contributed by atoms with E-state index in [1.54, 1.807) is 37.3 Å². The van der Waals surface area contributed by atoms with Crippen LogP contribution in [0.3, 0.4) is 0 Å². The smallest absolute Gasteiger partial charge is 0.262 e. The molecule has 0 saturated carbocycles.